The first-order valence-electron chi connectivity index (χ1n) is 9.88. The summed E-state index contributed by atoms with van der Waals surface area (Å²) in [6.45, 7) is 3.43. The minimum atomic E-state index is -4.65. The molecule has 0 aromatic heterocycles. The number of esters is 1. The van der Waals surface area contributed by atoms with Crippen LogP contribution in [0.5, 0.6) is 0 Å². The molecule has 0 amide bonds. The number of rotatable bonds is 17. The Kier molecular flexibility index (Phi) is 15.7. The van der Waals surface area contributed by atoms with E-state index in [-0.39, 0.29) is 0 Å². The Hall–Kier alpha value is -0.920. The average molecular weight is 393 g/mol. The van der Waals surface area contributed by atoms with Crippen molar-refractivity contribution in [1.82, 2.24) is 0 Å². The Labute approximate surface area is 159 Å². The van der Waals surface area contributed by atoms with Gasteiger partial charge in [-0.25, -0.2) is 8.98 Å². The van der Waals surface area contributed by atoms with Crippen LogP contribution in [0.3, 0.4) is 0 Å². The highest BCUT2D eigenvalue weighted by molar-refractivity contribution is 7.80. The van der Waals surface area contributed by atoms with E-state index in [9.17, 15) is 13.2 Å². The van der Waals surface area contributed by atoms with Gasteiger partial charge in [-0.2, -0.15) is 8.42 Å². The van der Waals surface area contributed by atoms with E-state index in [0.717, 1.165) is 19.3 Å². The topological polar surface area (TPSA) is 89.9 Å². The van der Waals surface area contributed by atoms with Crippen molar-refractivity contribution in [3.05, 3.63) is 12.3 Å². The zero-order chi connectivity index (χ0) is 19.7. The molecule has 0 aliphatic rings. The molecule has 1 unspecified atom stereocenters. The Morgan fingerprint density at radius 1 is 0.923 bits per heavy atom. The van der Waals surface area contributed by atoms with Crippen molar-refractivity contribution >= 4 is 16.4 Å². The van der Waals surface area contributed by atoms with E-state index in [2.05, 4.69) is 11.1 Å². The van der Waals surface area contributed by atoms with Crippen LogP contribution in [0.15, 0.2) is 12.3 Å². The van der Waals surface area contributed by atoms with Crippen molar-refractivity contribution < 1.29 is 26.7 Å². The van der Waals surface area contributed by atoms with E-state index >= 15 is 0 Å². The predicted octanol–water partition coefficient (Wildman–Crippen LogP) is 5.34. The smallest absolute Gasteiger partial charge is 0.398 e. The summed E-state index contributed by atoms with van der Waals surface area (Å²) < 4.78 is 38.2. The third-order valence-electron chi connectivity index (χ3n) is 4.10. The lowest BCUT2D eigenvalue weighted by Crippen LogP contribution is -2.24. The molecule has 0 aromatic carbocycles. The fourth-order valence-electron chi connectivity index (χ4n) is 2.60. The van der Waals surface area contributed by atoms with E-state index in [1.54, 1.807) is 6.08 Å². The summed E-state index contributed by atoms with van der Waals surface area (Å²) >= 11 is 0. The van der Waals surface area contributed by atoms with Crippen molar-refractivity contribution in [3.63, 3.8) is 0 Å². The molecule has 0 heterocycles. The highest BCUT2D eigenvalue weighted by Gasteiger charge is 2.20. The zero-order valence-corrected chi connectivity index (χ0v) is 17.1. The van der Waals surface area contributed by atoms with Crippen LogP contribution in [0.25, 0.3) is 0 Å². The molecule has 6 nitrogen and oxygen atoms in total. The molecule has 0 saturated carbocycles. The van der Waals surface area contributed by atoms with Crippen molar-refractivity contribution in [2.24, 2.45) is 0 Å². The van der Waals surface area contributed by atoms with Crippen LogP contribution < -0.4 is 0 Å². The maximum absolute atomic E-state index is 11.4. The maximum Gasteiger partial charge on any atom is 0.398 e. The first kappa shape index (κ1) is 25.1. The van der Waals surface area contributed by atoms with Gasteiger partial charge in [0.1, 0.15) is 0 Å². The van der Waals surface area contributed by atoms with Crippen molar-refractivity contribution in [2.45, 2.75) is 103 Å². The number of hydrogen-bond donors (Lipinski definition) is 1. The molecule has 7 heteroatoms. The molecule has 26 heavy (non-hydrogen) atoms. The molecule has 0 bridgehead atoms. The fourth-order valence-corrected chi connectivity index (χ4v) is 3.05. The third kappa shape index (κ3) is 17.9. The second-order valence-electron chi connectivity index (χ2n) is 6.65. The van der Waals surface area contributed by atoms with E-state index in [1.807, 2.05) is 0 Å². The maximum atomic E-state index is 11.4. The van der Waals surface area contributed by atoms with Gasteiger partial charge in [0.25, 0.3) is 0 Å². The molecule has 1 N–H and O–H groups in total. The molecule has 0 aliphatic heterocycles. The van der Waals surface area contributed by atoms with Crippen LogP contribution in [0.2, 0.25) is 0 Å². The molecular formula is C19H36O6S. The lowest BCUT2D eigenvalue weighted by atomic mass is 10.0. The first-order chi connectivity index (χ1) is 12.4. The van der Waals surface area contributed by atoms with Crippen LogP contribution in [-0.2, 0) is 24.1 Å². The standard InChI is InChI=1S/C19H36O6S/c1-3-4-5-6-7-8-9-10-11-12-13-14-15-16-17-24-19(20)18(2)25-26(21,22)23/h16-18H,3-15H2,1-2H3,(H,21,22,23). The number of allylic oxidation sites excluding steroid dienone is 1. The summed E-state index contributed by atoms with van der Waals surface area (Å²) in [5.41, 5.74) is 0. The fraction of sp³-hybridized carbons (Fsp3) is 0.842. The SMILES string of the molecule is CCCCCCCCCCCCCCC=COC(=O)C(C)OS(=O)(=O)O. The van der Waals surface area contributed by atoms with Crippen LogP contribution in [0.4, 0.5) is 0 Å². The molecule has 0 saturated heterocycles. The van der Waals surface area contributed by atoms with Crippen LogP contribution in [-0.4, -0.2) is 25.0 Å². The molecule has 0 aromatic rings. The van der Waals surface area contributed by atoms with Gasteiger partial charge >= 0.3 is 16.4 Å². The molecule has 0 fully saturated rings. The number of carbonyl (C=O) groups is 1. The summed E-state index contributed by atoms with van der Waals surface area (Å²) in [6, 6.07) is 0. The van der Waals surface area contributed by atoms with Gasteiger partial charge in [-0.3, -0.25) is 4.55 Å². The van der Waals surface area contributed by atoms with E-state index in [0.29, 0.717) is 0 Å². The molecule has 0 rings (SSSR count). The lowest BCUT2D eigenvalue weighted by molar-refractivity contribution is -0.145. The summed E-state index contributed by atoms with van der Waals surface area (Å²) in [4.78, 5) is 11.4. The quantitative estimate of drug-likeness (QED) is 0.155. The van der Waals surface area contributed by atoms with Crippen LogP contribution in [0.1, 0.15) is 97.3 Å². The third-order valence-corrected chi connectivity index (χ3v) is 4.63. The first-order valence-corrected chi connectivity index (χ1v) is 11.2. The van der Waals surface area contributed by atoms with Crippen LogP contribution in [0, 0.1) is 0 Å². The van der Waals surface area contributed by atoms with E-state index in [1.165, 1.54) is 77.4 Å². The summed E-state index contributed by atoms with van der Waals surface area (Å²) in [5.74, 6) is -0.867. The van der Waals surface area contributed by atoms with Crippen molar-refractivity contribution in [1.29, 1.82) is 0 Å². The number of ether oxygens (including phenoxy) is 1. The number of hydrogen-bond acceptors (Lipinski definition) is 5. The monoisotopic (exact) mass is 392 g/mol. The van der Waals surface area contributed by atoms with Gasteiger partial charge in [0, 0.05) is 0 Å². The van der Waals surface area contributed by atoms with Gasteiger partial charge < -0.3 is 4.74 Å². The van der Waals surface area contributed by atoms with Crippen molar-refractivity contribution in [2.75, 3.05) is 0 Å². The molecule has 0 aliphatic carbocycles. The molecule has 0 spiro atoms. The summed E-state index contributed by atoms with van der Waals surface area (Å²) in [7, 11) is -4.65. The van der Waals surface area contributed by atoms with Gasteiger partial charge in [0.05, 0.1) is 6.26 Å². The second kappa shape index (κ2) is 16.3. The van der Waals surface area contributed by atoms with E-state index in [4.69, 9.17) is 9.29 Å². The molecule has 154 valence electrons. The molecular weight excluding hydrogens is 356 g/mol. The highest BCUT2D eigenvalue weighted by Crippen LogP contribution is 2.12. The van der Waals surface area contributed by atoms with Gasteiger partial charge in [0.2, 0.25) is 0 Å². The summed E-state index contributed by atoms with van der Waals surface area (Å²) in [6.07, 6.45) is 17.9. The van der Waals surface area contributed by atoms with Gasteiger partial charge in [-0.1, -0.05) is 77.6 Å². The Bertz CT molecular complexity index is 472. The number of carbonyl (C=O) groups excluding carboxylic acids is 1. The molecule has 1 atom stereocenters. The molecule has 0 radical (unpaired) electrons. The predicted molar refractivity (Wildman–Crippen MR) is 103 cm³/mol. The normalized spacial score (nSPS) is 13.2. The Morgan fingerprint density at radius 2 is 1.38 bits per heavy atom. The van der Waals surface area contributed by atoms with Gasteiger partial charge in [-0.05, 0) is 25.8 Å². The van der Waals surface area contributed by atoms with Crippen molar-refractivity contribution in [3.8, 4) is 0 Å². The lowest BCUT2D eigenvalue weighted by Gasteiger charge is -2.06. The largest absolute Gasteiger partial charge is 0.433 e. The highest BCUT2D eigenvalue weighted by atomic mass is 32.3. The minimum absolute atomic E-state index is 0.804. The zero-order valence-electron chi connectivity index (χ0n) is 16.3. The van der Waals surface area contributed by atoms with Gasteiger partial charge in [0.15, 0.2) is 6.10 Å². The Balaban J connectivity index is 3.42. The van der Waals surface area contributed by atoms with Crippen LogP contribution >= 0.6 is 0 Å². The Morgan fingerprint density at radius 3 is 1.85 bits per heavy atom. The van der Waals surface area contributed by atoms with Gasteiger partial charge in [-0.15, -0.1) is 0 Å². The van der Waals surface area contributed by atoms with E-state index < -0.39 is 22.5 Å². The minimum Gasteiger partial charge on any atom is -0.433 e. The average Bonchev–Trinajstić information content (AvgIpc) is 2.56. The summed E-state index contributed by atoms with van der Waals surface area (Å²) in [5, 5.41) is 0. The second-order valence-corrected chi connectivity index (χ2v) is 7.70. The number of unbranched alkanes of at least 4 members (excludes halogenated alkanes) is 12.